The normalized spacial score (nSPS) is 26.8. The van der Waals surface area contributed by atoms with Gasteiger partial charge < -0.3 is 25.7 Å². The van der Waals surface area contributed by atoms with Gasteiger partial charge in [-0.15, -0.1) is 13.2 Å². The Morgan fingerprint density at radius 2 is 2.04 bits per heavy atom. The first-order chi connectivity index (χ1) is 11.8. The molecule has 1 saturated carbocycles. The topological polar surface area (TPSA) is 111 Å². The van der Waals surface area contributed by atoms with Crippen molar-refractivity contribution in [2.75, 3.05) is 6.54 Å². The molecule has 5 N–H and O–H groups in total. The summed E-state index contributed by atoms with van der Waals surface area (Å²) in [6.45, 7) is 22.1. The van der Waals surface area contributed by atoms with E-state index in [1.54, 1.807) is 6.08 Å². The SMILES string of the molecule is C=CCNC(=C)OC1(C[C@H]2C(=C)C(=O)O[C@@H]2C[C@@H](C)CC=C)CC1=C.O.O.[HH]. The second-order valence-corrected chi connectivity index (χ2v) is 7.11. The molecule has 0 aromatic rings. The molecule has 1 saturated heterocycles. The molecular weight excluding hydrogens is 346 g/mol. The number of hydrogen-bond acceptors (Lipinski definition) is 4. The maximum atomic E-state index is 12.0. The van der Waals surface area contributed by atoms with Crippen LogP contribution in [0.4, 0.5) is 0 Å². The van der Waals surface area contributed by atoms with Crippen molar-refractivity contribution in [1.29, 1.82) is 0 Å². The molecule has 4 atom stereocenters. The predicted molar refractivity (Wildman–Crippen MR) is 110 cm³/mol. The van der Waals surface area contributed by atoms with Gasteiger partial charge in [0.2, 0.25) is 0 Å². The van der Waals surface area contributed by atoms with Crippen LogP contribution in [-0.4, -0.2) is 35.2 Å². The van der Waals surface area contributed by atoms with Crippen molar-refractivity contribution in [2.24, 2.45) is 11.8 Å². The number of cyclic esters (lactones) is 1. The summed E-state index contributed by atoms with van der Waals surface area (Å²) in [5.74, 6) is 0.523. The molecule has 0 aromatic carbocycles. The van der Waals surface area contributed by atoms with E-state index in [4.69, 9.17) is 9.47 Å². The van der Waals surface area contributed by atoms with Gasteiger partial charge in [0, 0.05) is 32.3 Å². The first-order valence-corrected chi connectivity index (χ1v) is 8.74. The lowest BCUT2D eigenvalue weighted by molar-refractivity contribution is -0.139. The smallest absolute Gasteiger partial charge is 0.334 e. The summed E-state index contributed by atoms with van der Waals surface area (Å²) < 4.78 is 11.6. The zero-order valence-corrected chi connectivity index (χ0v) is 16.2. The van der Waals surface area contributed by atoms with Gasteiger partial charge in [-0.1, -0.05) is 32.2 Å². The van der Waals surface area contributed by atoms with Crippen molar-refractivity contribution in [3.05, 3.63) is 62.1 Å². The van der Waals surface area contributed by atoms with E-state index in [0.29, 0.717) is 30.3 Å². The Bertz CT molecular complexity index is 618. The Kier molecular flexibility index (Phi) is 9.27. The fourth-order valence-corrected chi connectivity index (χ4v) is 3.40. The Labute approximate surface area is 163 Å². The second-order valence-electron chi connectivity index (χ2n) is 7.11. The number of esters is 1. The van der Waals surface area contributed by atoms with E-state index < -0.39 is 5.60 Å². The van der Waals surface area contributed by atoms with Gasteiger partial charge >= 0.3 is 5.97 Å². The molecule has 154 valence electrons. The van der Waals surface area contributed by atoms with Crippen LogP contribution in [0, 0.1) is 11.8 Å². The zero-order chi connectivity index (χ0) is 18.6. The van der Waals surface area contributed by atoms with Gasteiger partial charge in [0.25, 0.3) is 0 Å². The minimum absolute atomic E-state index is 0. The van der Waals surface area contributed by atoms with E-state index in [-0.39, 0.29) is 30.4 Å². The average molecular weight is 382 g/mol. The number of nitrogens with one attached hydrogen (secondary N) is 1. The van der Waals surface area contributed by atoms with Crippen LogP contribution in [0.3, 0.4) is 0 Å². The van der Waals surface area contributed by atoms with Crippen molar-refractivity contribution in [3.8, 4) is 0 Å². The highest BCUT2D eigenvalue weighted by molar-refractivity contribution is 5.90. The maximum Gasteiger partial charge on any atom is 0.334 e. The number of carbonyl (C=O) groups excluding carboxylic acids is 1. The molecule has 0 bridgehead atoms. The van der Waals surface area contributed by atoms with E-state index in [0.717, 1.165) is 24.8 Å². The fourth-order valence-electron chi connectivity index (χ4n) is 3.40. The number of rotatable bonds is 11. The Balaban J connectivity index is 0. The van der Waals surface area contributed by atoms with Gasteiger partial charge in [-0.05, 0) is 30.9 Å². The van der Waals surface area contributed by atoms with Crippen molar-refractivity contribution in [1.82, 2.24) is 5.32 Å². The van der Waals surface area contributed by atoms with Crippen LogP contribution in [0.15, 0.2) is 62.1 Å². The van der Waals surface area contributed by atoms with Crippen LogP contribution in [-0.2, 0) is 14.3 Å². The molecule has 2 aliphatic rings. The molecule has 0 spiro atoms. The maximum absolute atomic E-state index is 12.0. The van der Waals surface area contributed by atoms with E-state index in [2.05, 4.69) is 45.1 Å². The number of allylic oxidation sites excluding steroid dienone is 1. The summed E-state index contributed by atoms with van der Waals surface area (Å²) in [4.78, 5) is 12.0. The first-order valence-electron chi connectivity index (χ1n) is 8.74. The van der Waals surface area contributed by atoms with Gasteiger partial charge in [-0.25, -0.2) is 4.79 Å². The van der Waals surface area contributed by atoms with Gasteiger partial charge in [-0.3, -0.25) is 0 Å². The zero-order valence-electron chi connectivity index (χ0n) is 16.2. The van der Waals surface area contributed by atoms with E-state index in [9.17, 15) is 4.79 Å². The van der Waals surface area contributed by atoms with Crippen LogP contribution < -0.4 is 5.32 Å². The minimum atomic E-state index is -0.479. The Morgan fingerprint density at radius 3 is 2.56 bits per heavy atom. The molecule has 1 aliphatic carbocycles. The van der Waals surface area contributed by atoms with Crippen LogP contribution in [0.5, 0.6) is 0 Å². The number of carbonyl (C=O) groups is 1. The molecule has 6 heteroatoms. The van der Waals surface area contributed by atoms with Crippen molar-refractivity contribution < 1.29 is 26.6 Å². The molecule has 27 heavy (non-hydrogen) atoms. The van der Waals surface area contributed by atoms with Gasteiger partial charge in [0.15, 0.2) is 5.88 Å². The summed E-state index contributed by atoms with van der Waals surface area (Å²) in [5.41, 5.74) is 1.06. The minimum Gasteiger partial charge on any atom is -0.468 e. The van der Waals surface area contributed by atoms with E-state index in [1.807, 2.05) is 6.08 Å². The molecule has 2 rings (SSSR count). The molecule has 1 aliphatic heterocycles. The van der Waals surface area contributed by atoms with Crippen molar-refractivity contribution in [3.63, 3.8) is 0 Å². The molecular formula is C21H35NO5. The second kappa shape index (κ2) is 10.1. The largest absolute Gasteiger partial charge is 0.468 e. The standard InChI is InChI=1S/C21H29NO3.2H2O.H2/c1-7-9-14(3)11-19-18(16(5)20(23)24-19)13-21(12-15(21)4)25-17(6)22-10-8-2;;;/h7-8,14,18-19,22H,1-2,4-6,9-13H2,3H3;2*1H2;1H/t14-,18-,19+,21?;;;/m0.../s1. The van der Waals surface area contributed by atoms with Crippen LogP contribution in [0.1, 0.15) is 34.0 Å². The van der Waals surface area contributed by atoms with Crippen molar-refractivity contribution >= 4 is 5.97 Å². The molecule has 0 radical (unpaired) electrons. The molecule has 2 fully saturated rings. The van der Waals surface area contributed by atoms with Crippen LogP contribution >= 0.6 is 0 Å². The third-order valence-electron chi connectivity index (χ3n) is 4.95. The van der Waals surface area contributed by atoms with E-state index >= 15 is 0 Å². The van der Waals surface area contributed by atoms with Crippen LogP contribution in [0.2, 0.25) is 0 Å². The third-order valence-corrected chi connectivity index (χ3v) is 4.95. The van der Waals surface area contributed by atoms with Gasteiger partial charge in [0.05, 0.1) is 0 Å². The molecule has 1 unspecified atom stereocenters. The predicted octanol–water partition coefficient (Wildman–Crippen LogP) is 2.64. The lowest BCUT2D eigenvalue weighted by Gasteiger charge is -2.26. The molecule has 0 amide bonds. The lowest BCUT2D eigenvalue weighted by Crippen LogP contribution is -2.29. The van der Waals surface area contributed by atoms with Gasteiger partial charge in [0.1, 0.15) is 11.7 Å². The quantitative estimate of drug-likeness (QED) is 0.257. The van der Waals surface area contributed by atoms with Crippen LogP contribution in [0.25, 0.3) is 0 Å². The summed E-state index contributed by atoms with van der Waals surface area (Å²) in [6.07, 6.45) is 6.55. The summed E-state index contributed by atoms with van der Waals surface area (Å²) in [7, 11) is 0. The summed E-state index contributed by atoms with van der Waals surface area (Å²) >= 11 is 0. The average Bonchev–Trinajstić information content (AvgIpc) is 3.09. The molecule has 1 heterocycles. The van der Waals surface area contributed by atoms with Crippen molar-refractivity contribution in [2.45, 2.75) is 44.3 Å². The Hall–Kier alpha value is -2.31. The molecule has 0 aromatic heterocycles. The highest BCUT2D eigenvalue weighted by atomic mass is 16.6. The fraction of sp³-hybridized carbons (Fsp3) is 0.476. The highest BCUT2D eigenvalue weighted by Gasteiger charge is 2.55. The van der Waals surface area contributed by atoms with Gasteiger partial charge in [-0.2, -0.15) is 0 Å². The first kappa shape index (κ1) is 24.7. The Morgan fingerprint density at radius 1 is 1.41 bits per heavy atom. The monoisotopic (exact) mass is 381 g/mol. The number of hydrogen-bond donors (Lipinski definition) is 1. The third kappa shape index (κ3) is 5.84. The highest BCUT2D eigenvalue weighted by Crippen LogP contribution is 2.53. The molecule has 6 nitrogen and oxygen atoms in total. The number of ether oxygens (including phenoxy) is 2. The summed E-state index contributed by atoms with van der Waals surface area (Å²) in [6, 6.07) is 0. The summed E-state index contributed by atoms with van der Waals surface area (Å²) in [5, 5.41) is 3.05. The lowest BCUT2D eigenvalue weighted by atomic mass is 9.85. The van der Waals surface area contributed by atoms with E-state index in [1.165, 1.54) is 0 Å².